The van der Waals surface area contributed by atoms with E-state index in [0.717, 1.165) is 0 Å². The van der Waals surface area contributed by atoms with Gasteiger partial charge in [-0.15, -0.1) is 0 Å². The van der Waals surface area contributed by atoms with Crippen LogP contribution >= 0.6 is 11.6 Å². The molecule has 0 aliphatic heterocycles. The predicted molar refractivity (Wildman–Crippen MR) is 73.5 cm³/mol. The molecule has 0 bridgehead atoms. The minimum atomic E-state index is -0.372. The van der Waals surface area contributed by atoms with Crippen molar-refractivity contribution in [2.75, 3.05) is 0 Å². The molecule has 3 nitrogen and oxygen atoms in total. The molecule has 2 rings (SSSR count). The minimum Gasteiger partial charge on any atom is -0.439 e. The third-order valence-electron chi connectivity index (χ3n) is 2.52. The van der Waals surface area contributed by atoms with Crippen LogP contribution in [0.4, 0.5) is 4.39 Å². The Morgan fingerprint density at radius 3 is 2.74 bits per heavy atom. The van der Waals surface area contributed by atoms with E-state index >= 15 is 0 Å². The number of benzene rings is 1. The van der Waals surface area contributed by atoms with Crippen LogP contribution in [0.1, 0.15) is 26.7 Å². The first-order chi connectivity index (χ1) is 8.85. The lowest BCUT2D eigenvalue weighted by Crippen LogP contribution is -2.35. The van der Waals surface area contributed by atoms with Crippen LogP contribution in [0.15, 0.2) is 28.8 Å². The van der Waals surface area contributed by atoms with Gasteiger partial charge in [0.25, 0.3) is 0 Å². The molecule has 5 heteroatoms. The van der Waals surface area contributed by atoms with Gasteiger partial charge in [-0.3, -0.25) is 0 Å². The Kier molecular flexibility index (Phi) is 3.92. The molecule has 1 heterocycles. The highest BCUT2D eigenvalue weighted by Crippen LogP contribution is 2.29. The Hall–Kier alpha value is -1.39. The molecule has 0 aliphatic carbocycles. The quantitative estimate of drug-likeness (QED) is 0.924. The standard InChI is InChI=1S/C14H16ClFN2O/c1-14(2,3)18-8-13-17-7-12(19-13)10-5-4-9(16)6-11(10)15/h4-7,18H,8H2,1-3H3. The van der Waals surface area contributed by atoms with Crippen molar-refractivity contribution in [3.05, 3.63) is 41.1 Å². The smallest absolute Gasteiger partial charge is 0.208 e. The van der Waals surface area contributed by atoms with Gasteiger partial charge in [0.05, 0.1) is 17.8 Å². The number of rotatable bonds is 3. The van der Waals surface area contributed by atoms with E-state index < -0.39 is 0 Å². The van der Waals surface area contributed by atoms with Crippen molar-refractivity contribution in [3.63, 3.8) is 0 Å². The van der Waals surface area contributed by atoms with E-state index in [1.54, 1.807) is 12.3 Å². The van der Waals surface area contributed by atoms with Crippen LogP contribution in [0.25, 0.3) is 11.3 Å². The van der Waals surface area contributed by atoms with Crippen LogP contribution in [-0.4, -0.2) is 10.5 Å². The Balaban J connectivity index is 2.16. The molecule has 0 fully saturated rings. The molecule has 0 saturated heterocycles. The fraction of sp³-hybridized carbons (Fsp3) is 0.357. The van der Waals surface area contributed by atoms with Crippen molar-refractivity contribution >= 4 is 11.6 Å². The summed E-state index contributed by atoms with van der Waals surface area (Å²) in [6.45, 7) is 6.72. The number of halogens is 2. The van der Waals surface area contributed by atoms with Gasteiger partial charge >= 0.3 is 0 Å². The summed E-state index contributed by atoms with van der Waals surface area (Å²) in [5, 5.41) is 3.59. The lowest BCUT2D eigenvalue weighted by Gasteiger charge is -2.18. The van der Waals surface area contributed by atoms with Crippen LogP contribution in [-0.2, 0) is 6.54 Å². The van der Waals surface area contributed by atoms with E-state index in [1.165, 1.54) is 12.1 Å². The normalized spacial score (nSPS) is 11.8. The highest BCUT2D eigenvalue weighted by molar-refractivity contribution is 6.33. The maximum Gasteiger partial charge on any atom is 0.208 e. The van der Waals surface area contributed by atoms with Gasteiger partial charge in [-0.05, 0) is 39.0 Å². The van der Waals surface area contributed by atoms with Crippen LogP contribution in [0.2, 0.25) is 5.02 Å². The summed E-state index contributed by atoms with van der Waals surface area (Å²) in [4.78, 5) is 4.18. The van der Waals surface area contributed by atoms with Gasteiger partial charge in [0.15, 0.2) is 5.76 Å². The Morgan fingerprint density at radius 2 is 2.11 bits per heavy atom. The van der Waals surface area contributed by atoms with Gasteiger partial charge < -0.3 is 9.73 Å². The van der Waals surface area contributed by atoms with E-state index in [0.29, 0.717) is 28.8 Å². The SMILES string of the molecule is CC(C)(C)NCc1ncc(-c2ccc(F)cc2Cl)o1. The van der Waals surface area contributed by atoms with Gasteiger partial charge in [0.1, 0.15) is 5.82 Å². The topological polar surface area (TPSA) is 38.1 Å². The number of oxazole rings is 1. The molecular formula is C14H16ClFN2O. The van der Waals surface area contributed by atoms with Gasteiger partial charge in [-0.2, -0.15) is 0 Å². The molecule has 19 heavy (non-hydrogen) atoms. The van der Waals surface area contributed by atoms with E-state index in [4.69, 9.17) is 16.0 Å². The molecular weight excluding hydrogens is 267 g/mol. The second kappa shape index (κ2) is 5.31. The number of nitrogens with zero attached hydrogens (tertiary/aromatic N) is 1. The molecule has 0 spiro atoms. The highest BCUT2D eigenvalue weighted by Gasteiger charge is 2.13. The fourth-order valence-electron chi connectivity index (χ4n) is 1.55. The molecule has 1 N–H and O–H groups in total. The van der Waals surface area contributed by atoms with E-state index in [2.05, 4.69) is 31.1 Å². The molecule has 0 atom stereocenters. The predicted octanol–water partition coefficient (Wildman–Crippen LogP) is 4.02. The van der Waals surface area contributed by atoms with E-state index in [-0.39, 0.29) is 11.4 Å². The van der Waals surface area contributed by atoms with Crippen molar-refractivity contribution in [1.82, 2.24) is 10.3 Å². The zero-order valence-electron chi connectivity index (χ0n) is 11.1. The maximum atomic E-state index is 13.0. The zero-order chi connectivity index (χ0) is 14.0. The van der Waals surface area contributed by atoms with Crippen LogP contribution in [0.5, 0.6) is 0 Å². The van der Waals surface area contributed by atoms with E-state index in [1.807, 2.05) is 0 Å². The number of nitrogens with one attached hydrogen (secondary N) is 1. The number of aromatic nitrogens is 1. The molecule has 1 aromatic heterocycles. The van der Waals surface area contributed by atoms with Crippen molar-refractivity contribution in [2.45, 2.75) is 32.9 Å². The molecule has 0 saturated carbocycles. The minimum absolute atomic E-state index is 0.0118. The van der Waals surface area contributed by atoms with Crippen LogP contribution < -0.4 is 5.32 Å². The summed E-state index contributed by atoms with van der Waals surface area (Å²) < 4.78 is 18.6. The zero-order valence-corrected chi connectivity index (χ0v) is 11.9. The average molecular weight is 283 g/mol. The van der Waals surface area contributed by atoms with Gasteiger partial charge in [-0.25, -0.2) is 9.37 Å². The molecule has 102 valence electrons. The van der Waals surface area contributed by atoms with Crippen molar-refractivity contribution in [2.24, 2.45) is 0 Å². The first-order valence-electron chi connectivity index (χ1n) is 6.00. The molecule has 0 amide bonds. The van der Waals surface area contributed by atoms with Crippen LogP contribution in [0.3, 0.4) is 0 Å². The third kappa shape index (κ3) is 3.78. The summed E-state index contributed by atoms with van der Waals surface area (Å²) >= 11 is 5.98. The lowest BCUT2D eigenvalue weighted by molar-refractivity contribution is 0.383. The van der Waals surface area contributed by atoms with Gasteiger partial charge in [0, 0.05) is 11.1 Å². The van der Waals surface area contributed by atoms with Crippen LogP contribution in [0, 0.1) is 5.82 Å². The second-order valence-corrected chi connectivity index (χ2v) is 5.75. The van der Waals surface area contributed by atoms with Gasteiger partial charge in [-0.1, -0.05) is 11.6 Å². The average Bonchev–Trinajstić information content (AvgIpc) is 2.74. The summed E-state index contributed by atoms with van der Waals surface area (Å²) in [6, 6.07) is 4.18. The first kappa shape index (κ1) is 14.0. The largest absolute Gasteiger partial charge is 0.439 e. The van der Waals surface area contributed by atoms with Crippen molar-refractivity contribution in [1.29, 1.82) is 0 Å². The number of hydrogen-bond acceptors (Lipinski definition) is 3. The third-order valence-corrected chi connectivity index (χ3v) is 2.83. The van der Waals surface area contributed by atoms with Gasteiger partial charge in [0.2, 0.25) is 5.89 Å². The number of hydrogen-bond donors (Lipinski definition) is 1. The summed E-state index contributed by atoms with van der Waals surface area (Å²) in [5.41, 5.74) is 0.625. The van der Waals surface area contributed by atoms with E-state index in [9.17, 15) is 4.39 Å². The summed E-state index contributed by atoms with van der Waals surface area (Å²) in [7, 11) is 0. The molecule has 0 radical (unpaired) electrons. The fourth-order valence-corrected chi connectivity index (χ4v) is 1.81. The Labute approximate surface area is 116 Å². The molecule has 2 aromatic rings. The van der Waals surface area contributed by atoms with Crippen molar-refractivity contribution < 1.29 is 8.81 Å². The first-order valence-corrected chi connectivity index (χ1v) is 6.38. The molecule has 0 aliphatic rings. The Bertz CT molecular complexity index is 575. The Morgan fingerprint density at radius 1 is 1.37 bits per heavy atom. The summed E-state index contributed by atoms with van der Waals surface area (Å²) in [6.07, 6.45) is 1.60. The highest BCUT2D eigenvalue weighted by atomic mass is 35.5. The molecule has 0 unspecified atom stereocenters. The van der Waals surface area contributed by atoms with Crippen molar-refractivity contribution in [3.8, 4) is 11.3 Å². The monoisotopic (exact) mass is 282 g/mol. The molecule has 1 aromatic carbocycles. The summed E-state index contributed by atoms with van der Waals surface area (Å²) in [5.74, 6) is 0.740. The second-order valence-electron chi connectivity index (χ2n) is 5.35. The maximum absolute atomic E-state index is 13.0. The lowest BCUT2D eigenvalue weighted by atomic mass is 10.1.